The minimum atomic E-state index is -1.53. The molecule has 2 N–H and O–H groups in total. The maximum atomic E-state index is 11.0. The molecule has 0 saturated carbocycles. The third-order valence-corrected chi connectivity index (χ3v) is 5.62. The topological polar surface area (TPSA) is 74.6 Å². The third kappa shape index (κ3) is 4.10. The van der Waals surface area contributed by atoms with Gasteiger partial charge in [0.15, 0.2) is 0 Å². The molecule has 5 heteroatoms. The Labute approximate surface area is 93.4 Å². The predicted octanol–water partition coefficient (Wildman–Crippen LogP) is -0.582. The zero-order valence-electron chi connectivity index (χ0n) is 7.28. The Bertz CT molecular complexity index is 180. The van der Waals surface area contributed by atoms with Crippen molar-refractivity contribution in [2.45, 2.75) is 22.6 Å². The van der Waals surface area contributed by atoms with Crippen LogP contribution in [0.3, 0.4) is 0 Å². The first-order valence-electron chi connectivity index (χ1n) is 3.90. The molecule has 0 fully saturated rings. The number of ketones is 2. The average molecular weight is 386 g/mol. The van der Waals surface area contributed by atoms with Crippen LogP contribution in [0, 0.1) is 40.6 Å². The molecule has 2 unspecified atom stereocenters. The molecule has 0 aliphatic heterocycles. The number of hydrogen-bond donors (Lipinski definition) is 2. The molecular formula is C7H12O4Ra. The standard InChI is InChI=1S/C6H9O4.CH3.Ra/c1-3(7)5(9)6(10)4(2)8;;/h5-6,9-10H,1H2,2H3;1H3;. The quantitative estimate of drug-likeness (QED) is 0.663. The molecule has 66 valence electrons. The number of aliphatic hydroxyl groups excluding tert-OH is 2. The van der Waals surface area contributed by atoms with E-state index in [1.807, 2.05) is 1.96 Å². The monoisotopic (exact) mass is 386 g/mol. The van der Waals surface area contributed by atoms with Crippen molar-refractivity contribution in [3.8, 4) is 0 Å². The van der Waals surface area contributed by atoms with Gasteiger partial charge in [0.1, 0.15) is 0 Å². The number of hydrogen-bond acceptors (Lipinski definition) is 4. The van der Waals surface area contributed by atoms with E-state index >= 15 is 0 Å². The van der Waals surface area contributed by atoms with Crippen molar-refractivity contribution in [1.82, 2.24) is 0 Å². The molecule has 0 aliphatic rings. The van der Waals surface area contributed by atoms with E-state index in [0.717, 1.165) is 6.92 Å². The van der Waals surface area contributed by atoms with Crippen LogP contribution in [0.4, 0.5) is 0 Å². The summed E-state index contributed by atoms with van der Waals surface area (Å²) in [6, 6.07) is 0. The first-order chi connectivity index (χ1) is 5.50. The summed E-state index contributed by atoms with van der Waals surface area (Å²) in [7, 11) is 0. The average Bonchev–Trinajstić information content (AvgIpc) is 2.02. The molecule has 0 aromatic heterocycles. The van der Waals surface area contributed by atoms with Crippen molar-refractivity contribution in [1.29, 1.82) is 0 Å². The van der Waals surface area contributed by atoms with Crippen LogP contribution in [0.2, 0.25) is 3.43 Å². The van der Waals surface area contributed by atoms with E-state index < -0.39 is 58.6 Å². The summed E-state index contributed by atoms with van der Waals surface area (Å²) in [4.78, 5) is 21.5. The van der Waals surface area contributed by atoms with Crippen LogP contribution >= 0.6 is 0 Å². The summed E-state index contributed by atoms with van der Waals surface area (Å²) in [5.41, 5.74) is 0. The van der Waals surface area contributed by atoms with Crippen molar-refractivity contribution in [2.24, 2.45) is 0 Å². The fourth-order valence-electron chi connectivity index (χ4n) is 0.793. The third-order valence-electron chi connectivity index (χ3n) is 1.54. The van der Waals surface area contributed by atoms with Crippen LogP contribution in [-0.4, -0.2) is 34.0 Å². The Morgan fingerprint density at radius 2 is 1.83 bits per heavy atom. The number of carbonyl (C=O) groups excluding carboxylic acids is 2. The second kappa shape index (κ2) is 6.22. The zero-order chi connectivity index (χ0) is 9.72. The number of aliphatic hydroxyl groups is 2. The molecular weight excluding hydrogens is 374 g/mol. The van der Waals surface area contributed by atoms with Crippen LogP contribution in [0.1, 0.15) is 6.92 Å². The number of carbonyl (C=O) groups is 2. The summed E-state index contributed by atoms with van der Waals surface area (Å²) < 4.78 is 2.43. The molecule has 12 heavy (non-hydrogen) atoms. The van der Waals surface area contributed by atoms with Crippen molar-refractivity contribution in [2.75, 3.05) is 0 Å². The van der Waals surface area contributed by atoms with E-state index in [2.05, 4.69) is 0 Å². The molecule has 0 amide bonds. The van der Waals surface area contributed by atoms with Gasteiger partial charge in [-0.1, -0.05) is 0 Å². The van der Waals surface area contributed by atoms with E-state index in [0.29, 0.717) is 1.46 Å². The van der Waals surface area contributed by atoms with Gasteiger partial charge in [-0.05, 0) is 0 Å². The summed E-state index contributed by atoms with van der Waals surface area (Å²) in [6.07, 6.45) is -3.02. The molecule has 0 radical (unpaired) electrons. The fraction of sp³-hybridized carbons (Fsp3) is 0.714. The molecule has 0 aliphatic carbocycles. The van der Waals surface area contributed by atoms with E-state index in [9.17, 15) is 9.59 Å². The Balaban J connectivity index is 4.09. The molecule has 0 bridgehead atoms. The van der Waals surface area contributed by atoms with Crippen molar-refractivity contribution < 1.29 is 60.4 Å². The van der Waals surface area contributed by atoms with E-state index in [1.54, 1.807) is 0 Å². The van der Waals surface area contributed by atoms with Gasteiger partial charge in [0, 0.05) is 0 Å². The van der Waals surface area contributed by atoms with Crippen LogP contribution in [0.5, 0.6) is 0 Å². The summed E-state index contributed by atoms with van der Waals surface area (Å²) in [5, 5.41) is 18.1. The molecule has 4 nitrogen and oxygen atoms in total. The molecule has 0 spiro atoms. The van der Waals surface area contributed by atoms with Crippen LogP contribution in [0.15, 0.2) is 0 Å². The summed E-state index contributed by atoms with van der Waals surface area (Å²) in [6.45, 7) is 1.15. The molecule has 0 aromatic carbocycles. The van der Waals surface area contributed by atoms with E-state index in [4.69, 9.17) is 10.2 Å². The predicted molar refractivity (Wildman–Crippen MR) is 38.4 cm³/mol. The molecule has 0 saturated heterocycles. The molecule has 0 aromatic rings. The number of rotatable bonds is 5. The minimum absolute atomic E-state index is 0.384. The van der Waals surface area contributed by atoms with Crippen molar-refractivity contribution in [3.05, 3.63) is 0 Å². The van der Waals surface area contributed by atoms with Gasteiger partial charge < -0.3 is 0 Å². The van der Waals surface area contributed by atoms with Gasteiger partial charge in [-0.25, -0.2) is 0 Å². The Morgan fingerprint density at radius 1 is 1.33 bits per heavy atom. The fourth-order valence-corrected chi connectivity index (χ4v) is 4.03. The van der Waals surface area contributed by atoms with Crippen molar-refractivity contribution >= 4 is 11.6 Å². The molecule has 0 rings (SSSR count). The maximum absolute atomic E-state index is 11.0. The molecule has 0 heterocycles. The first-order valence-corrected chi connectivity index (χ1v) is 13.8. The van der Waals surface area contributed by atoms with Gasteiger partial charge >= 0.3 is 94.5 Å². The summed E-state index contributed by atoms with van der Waals surface area (Å²) >= 11 is -1.16. The van der Waals surface area contributed by atoms with Crippen LogP contribution < -0.4 is 0 Å². The Morgan fingerprint density at radius 3 is 2.17 bits per heavy atom. The van der Waals surface area contributed by atoms with Gasteiger partial charge in [0.05, 0.1) is 0 Å². The van der Waals surface area contributed by atoms with Gasteiger partial charge in [0.25, 0.3) is 0 Å². The van der Waals surface area contributed by atoms with Crippen LogP contribution in [-0.2, 0) is 9.59 Å². The Hall–Kier alpha value is 0.728. The second-order valence-corrected chi connectivity index (χ2v) is 8.88. The van der Waals surface area contributed by atoms with Gasteiger partial charge in [-0.15, -0.1) is 0 Å². The zero-order valence-corrected chi connectivity index (χ0v) is 13.1. The van der Waals surface area contributed by atoms with Crippen LogP contribution in [0.25, 0.3) is 0 Å². The van der Waals surface area contributed by atoms with E-state index in [-0.39, 0.29) is 5.78 Å². The van der Waals surface area contributed by atoms with Crippen molar-refractivity contribution in [3.63, 3.8) is 0 Å². The first kappa shape index (κ1) is 12.7. The van der Waals surface area contributed by atoms with Gasteiger partial charge in [-0.3, -0.25) is 0 Å². The Kier molecular flexibility index (Phi) is 6.60. The SMILES string of the molecule is [CH3][Ra][CH2]C(=O)C(O)C(O)C(C)=O. The molecule has 2 atom stereocenters. The second-order valence-electron chi connectivity index (χ2n) is 2.72. The van der Waals surface area contributed by atoms with Gasteiger partial charge in [0.2, 0.25) is 0 Å². The van der Waals surface area contributed by atoms with Gasteiger partial charge in [-0.2, -0.15) is 0 Å². The summed E-state index contributed by atoms with van der Waals surface area (Å²) in [5.74, 6) is -0.949. The number of Topliss-reactive ketones (excluding diaryl/α,β-unsaturated/α-hetero) is 2. The van der Waals surface area contributed by atoms with E-state index in [1.165, 1.54) is 0 Å². The normalized spacial score (nSPS) is 14.7.